The molecule has 0 aliphatic heterocycles. The highest BCUT2D eigenvalue weighted by Crippen LogP contribution is 2.39. The van der Waals surface area contributed by atoms with Gasteiger partial charge in [-0.3, -0.25) is 4.79 Å². The van der Waals surface area contributed by atoms with E-state index in [1.165, 1.54) is 6.42 Å². The van der Waals surface area contributed by atoms with Gasteiger partial charge in [0.25, 0.3) is 0 Å². The van der Waals surface area contributed by atoms with Gasteiger partial charge in [-0.15, -0.1) is 0 Å². The van der Waals surface area contributed by atoms with Crippen molar-refractivity contribution in [1.82, 2.24) is 0 Å². The zero-order valence-corrected chi connectivity index (χ0v) is 9.68. The van der Waals surface area contributed by atoms with Crippen LogP contribution < -0.4 is 0 Å². The van der Waals surface area contributed by atoms with E-state index in [1.807, 2.05) is 0 Å². The standard InChI is InChI=1S/C10H20OSi/c1-8-9(11)6-5-7-10(8)12(2,3)4/h8,10H,5-7H2,1-4H3/t8-,10-/m1/s1. The maximum absolute atomic E-state index is 11.5. The van der Waals surface area contributed by atoms with Crippen molar-refractivity contribution in [2.24, 2.45) is 5.92 Å². The quantitative estimate of drug-likeness (QED) is 0.572. The first kappa shape index (κ1) is 9.97. The summed E-state index contributed by atoms with van der Waals surface area (Å²) in [6, 6.07) is 0. The van der Waals surface area contributed by atoms with Crippen LogP contribution in [0, 0.1) is 5.92 Å². The van der Waals surface area contributed by atoms with Crippen LogP contribution in [0.1, 0.15) is 26.2 Å². The van der Waals surface area contributed by atoms with Crippen molar-refractivity contribution >= 4 is 13.9 Å². The summed E-state index contributed by atoms with van der Waals surface area (Å²) in [7, 11) is -1.08. The number of rotatable bonds is 1. The number of hydrogen-bond acceptors (Lipinski definition) is 1. The molecule has 0 aromatic carbocycles. The molecule has 1 fully saturated rings. The van der Waals surface area contributed by atoms with Gasteiger partial charge in [-0.1, -0.05) is 33.0 Å². The van der Waals surface area contributed by atoms with E-state index in [-0.39, 0.29) is 0 Å². The van der Waals surface area contributed by atoms with Gasteiger partial charge in [-0.25, -0.2) is 0 Å². The molecule has 1 saturated carbocycles. The number of hydrogen-bond donors (Lipinski definition) is 0. The third-order valence-corrected chi connectivity index (χ3v) is 6.18. The van der Waals surface area contributed by atoms with E-state index in [0.717, 1.165) is 18.4 Å². The predicted molar refractivity (Wildman–Crippen MR) is 55.1 cm³/mol. The molecule has 0 aromatic heterocycles. The zero-order chi connectivity index (χ0) is 9.35. The molecule has 0 radical (unpaired) electrons. The molecule has 2 atom stereocenters. The molecule has 0 aromatic rings. The predicted octanol–water partition coefficient (Wildman–Crippen LogP) is 3.08. The van der Waals surface area contributed by atoms with Crippen molar-refractivity contribution in [1.29, 1.82) is 0 Å². The molecular weight excluding hydrogens is 164 g/mol. The summed E-state index contributed by atoms with van der Waals surface area (Å²) < 4.78 is 0. The van der Waals surface area contributed by atoms with Crippen molar-refractivity contribution in [3.8, 4) is 0 Å². The van der Waals surface area contributed by atoms with Crippen LogP contribution in [-0.4, -0.2) is 13.9 Å². The van der Waals surface area contributed by atoms with Gasteiger partial charge in [-0.2, -0.15) is 0 Å². The molecule has 0 unspecified atom stereocenters. The second-order valence-corrected chi connectivity index (χ2v) is 10.6. The molecule has 2 heteroatoms. The molecule has 0 spiro atoms. The fraction of sp³-hybridized carbons (Fsp3) is 0.900. The van der Waals surface area contributed by atoms with Gasteiger partial charge in [0.2, 0.25) is 0 Å². The Hall–Kier alpha value is -0.113. The summed E-state index contributed by atoms with van der Waals surface area (Å²) in [5.74, 6) is 0.860. The van der Waals surface area contributed by atoms with Gasteiger partial charge in [0.15, 0.2) is 0 Å². The monoisotopic (exact) mass is 184 g/mol. The highest BCUT2D eigenvalue weighted by Gasteiger charge is 2.36. The van der Waals surface area contributed by atoms with E-state index >= 15 is 0 Å². The smallest absolute Gasteiger partial charge is 0.135 e. The number of carbonyl (C=O) groups is 1. The largest absolute Gasteiger partial charge is 0.299 e. The normalized spacial score (nSPS) is 32.2. The van der Waals surface area contributed by atoms with E-state index in [0.29, 0.717) is 11.7 Å². The Morgan fingerprint density at radius 3 is 2.33 bits per heavy atom. The fourth-order valence-corrected chi connectivity index (χ4v) is 5.14. The highest BCUT2D eigenvalue weighted by molar-refractivity contribution is 6.77. The van der Waals surface area contributed by atoms with Crippen LogP contribution in [-0.2, 0) is 4.79 Å². The van der Waals surface area contributed by atoms with Crippen molar-refractivity contribution in [3.63, 3.8) is 0 Å². The molecule has 0 saturated heterocycles. The second-order valence-electron chi connectivity index (χ2n) is 5.12. The van der Waals surface area contributed by atoms with E-state index in [1.54, 1.807) is 0 Å². The molecule has 0 bridgehead atoms. The molecule has 12 heavy (non-hydrogen) atoms. The Morgan fingerprint density at radius 2 is 1.92 bits per heavy atom. The van der Waals surface area contributed by atoms with E-state index in [2.05, 4.69) is 26.6 Å². The molecule has 0 heterocycles. The molecule has 70 valence electrons. The first-order valence-electron chi connectivity index (χ1n) is 4.95. The summed E-state index contributed by atoms with van der Waals surface area (Å²) in [6.07, 6.45) is 3.27. The number of ketones is 1. The minimum Gasteiger partial charge on any atom is -0.299 e. The summed E-state index contributed by atoms with van der Waals surface area (Å²) in [6.45, 7) is 9.27. The lowest BCUT2D eigenvalue weighted by Crippen LogP contribution is -2.37. The Kier molecular flexibility index (Phi) is 2.76. The van der Waals surface area contributed by atoms with Crippen molar-refractivity contribution in [2.45, 2.75) is 51.4 Å². The molecule has 1 nitrogen and oxygen atoms in total. The van der Waals surface area contributed by atoms with Crippen LogP contribution in [0.15, 0.2) is 0 Å². The summed E-state index contributed by atoms with van der Waals surface area (Å²) in [4.78, 5) is 11.5. The topological polar surface area (TPSA) is 17.1 Å². The van der Waals surface area contributed by atoms with Gasteiger partial charge in [0.1, 0.15) is 5.78 Å². The first-order chi connectivity index (χ1) is 5.43. The Morgan fingerprint density at radius 1 is 1.33 bits per heavy atom. The van der Waals surface area contributed by atoms with E-state index in [9.17, 15) is 4.79 Å². The average Bonchev–Trinajstić information content (AvgIpc) is 1.92. The first-order valence-corrected chi connectivity index (χ1v) is 8.53. The van der Waals surface area contributed by atoms with Crippen molar-refractivity contribution in [3.05, 3.63) is 0 Å². The third-order valence-electron chi connectivity index (χ3n) is 3.16. The van der Waals surface area contributed by atoms with Gasteiger partial charge in [-0.05, 0) is 12.0 Å². The molecule has 1 aliphatic rings. The zero-order valence-electron chi connectivity index (χ0n) is 8.68. The maximum Gasteiger partial charge on any atom is 0.135 e. The Bertz CT molecular complexity index is 181. The minimum atomic E-state index is -1.08. The number of Topliss-reactive ketones (excluding diaryl/α,β-unsaturated/α-hetero) is 1. The van der Waals surface area contributed by atoms with Crippen LogP contribution >= 0.6 is 0 Å². The van der Waals surface area contributed by atoms with Gasteiger partial charge < -0.3 is 0 Å². The SMILES string of the molecule is C[C@@H]1C(=O)CCC[C@H]1[Si](C)(C)C. The highest BCUT2D eigenvalue weighted by atomic mass is 28.3. The lowest BCUT2D eigenvalue weighted by Gasteiger charge is -2.36. The molecule has 1 rings (SSSR count). The van der Waals surface area contributed by atoms with Crippen LogP contribution in [0.25, 0.3) is 0 Å². The van der Waals surface area contributed by atoms with Crippen LogP contribution in [0.3, 0.4) is 0 Å². The Labute approximate surface area is 76.6 Å². The molecule has 0 amide bonds. The minimum absolute atomic E-state index is 0.352. The molecule has 0 N–H and O–H groups in total. The van der Waals surface area contributed by atoms with Crippen LogP contribution in [0.5, 0.6) is 0 Å². The van der Waals surface area contributed by atoms with Crippen molar-refractivity contribution < 1.29 is 4.79 Å². The van der Waals surface area contributed by atoms with Gasteiger partial charge in [0.05, 0.1) is 0 Å². The Balaban J connectivity index is 2.70. The van der Waals surface area contributed by atoms with Gasteiger partial charge >= 0.3 is 0 Å². The third kappa shape index (κ3) is 1.97. The van der Waals surface area contributed by atoms with E-state index < -0.39 is 8.07 Å². The summed E-state index contributed by atoms with van der Waals surface area (Å²) in [5.41, 5.74) is 0.735. The maximum atomic E-state index is 11.5. The molecular formula is C10H20OSi. The summed E-state index contributed by atoms with van der Waals surface area (Å²) >= 11 is 0. The molecule has 1 aliphatic carbocycles. The summed E-state index contributed by atoms with van der Waals surface area (Å²) in [5, 5.41) is 0. The van der Waals surface area contributed by atoms with Crippen LogP contribution in [0.4, 0.5) is 0 Å². The van der Waals surface area contributed by atoms with Crippen LogP contribution in [0.2, 0.25) is 25.2 Å². The fourth-order valence-electron chi connectivity index (χ4n) is 2.38. The number of carbonyl (C=O) groups excluding carboxylic acids is 1. The average molecular weight is 184 g/mol. The lowest BCUT2D eigenvalue weighted by molar-refractivity contribution is -0.123. The lowest BCUT2D eigenvalue weighted by atomic mass is 9.89. The van der Waals surface area contributed by atoms with E-state index in [4.69, 9.17) is 0 Å². The van der Waals surface area contributed by atoms with Gasteiger partial charge in [0, 0.05) is 20.4 Å². The second kappa shape index (κ2) is 3.33. The van der Waals surface area contributed by atoms with Crippen molar-refractivity contribution in [2.75, 3.05) is 0 Å².